The molecule has 0 unspecified atom stereocenters. The number of H-pyrrole nitrogens is 2. The summed E-state index contributed by atoms with van der Waals surface area (Å²) in [5, 5.41) is 10.2. The van der Waals surface area contributed by atoms with E-state index in [2.05, 4.69) is 14.9 Å². The van der Waals surface area contributed by atoms with Gasteiger partial charge in [0.25, 0.3) is 0 Å². The molecule has 0 fully saturated rings. The molecule has 0 spiro atoms. The monoisotopic (exact) mass is 383 g/mol. The van der Waals surface area contributed by atoms with E-state index in [9.17, 15) is 5.11 Å². The first-order valence-electron chi connectivity index (χ1n) is 9.61. The zero-order valence-corrected chi connectivity index (χ0v) is 15.8. The average molecular weight is 383 g/mol. The van der Waals surface area contributed by atoms with Gasteiger partial charge in [-0.15, -0.1) is 0 Å². The highest BCUT2D eigenvalue weighted by Crippen LogP contribution is 2.21. The van der Waals surface area contributed by atoms with Crippen LogP contribution in [0.3, 0.4) is 0 Å². The summed E-state index contributed by atoms with van der Waals surface area (Å²) in [6.07, 6.45) is 0. The van der Waals surface area contributed by atoms with E-state index in [1.807, 2.05) is 66.7 Å². The van der Waals surface area contributed by atoms with E-state index in [4.69, 9.17) is 9.97 Å². The fourth-order valence-corrected chi connectivity index (χ4v) is 3.64. The third-order valence-corrected chi connectivity index (χ3v) is 5.01. The van der Waals surface area contributed by atoms with Crippen LogP contribution in [0.25, 0.3) is 22.1 Å². The van der Waals surface area contributed by atoms with Crippen LogP contribution < -0.4 is 0 Å². The molecule has 3 aromatic carbocycles. The van der Waals surface area contributed by atoms with Crippen LogP contribution in [0.5, 0.6) is 5.75 Å². The van der Waals surface area contributed by atoms with E-state index >= 15 is 0 Å². The number of para-hydroxylation sites is 5. The number of hydrogen-bond acceptors (Lipinski definition) is 4. The van der Waals surface area contributed by atoms with Crippen molar-refractivity contribution >= 4 is 22.1 Å². The van der Waals surface area contributed by atoms with Gasteiger partial charge in [0.1, 0.15) is 17.4 Å². The minimum atomic E-state index is 0.298. The number of fused-ring (bicyclic) bond motifs is 2. The second-order valence-corrected chi connectivity index (χ2v) is 7.18. The van der Waals surface area contributed by atoms with Crippen molar-refractivity contribution in [2.45, 2.75) is 19.6 Å². The third kappa shape index (κ3) is 3.70. The number of imidazole rings is 2. The van der Waals surface area contributed by atoms with E-state index in [0.717, 1.165) is 39.3 Å². The molecule has 0 aliphatic carbocycles. The quantitative estimate of drug-likeness (QED) is 0.407. The van der Waals surface area contributed by atoms with Gasteiger partial charge in [-0.25, -0.2) is 9.97 Å². The minimum absolute atomic E-state index is 0.298. The number of aromatic amines is 2. The highest BCUT2D eigenvalue weighted by molar-refractivity contribution is 5.75. The maximum atomic E-state index is 10.2. The summed E-state index contributed by atoms with van der Waals surface area (Å²) in [6.45, 7) is 1.81. The van der Waals surface area contributed by atoms with Crippen molar-refractivity contribution in [3.63, 3.8) is 0 Å². The van der Waals surface area contributed by atoms with Gasteiger partial charge in [0.2, 0.25) is 0 Å². The maximum Gasteiger partial charge on any atom is 0.121 e. The van der Waals surface area contributed by atoms with Gasteiger partial charge >= 0.3 is 0 Å². The number of aromatic nitrogens is 4. The Morgan fingerprint density at radius 3 is 1.72 bits per heavy atom. The van der Waals surface area contributed by atoms with Crippen LogP contribution in [0.1, 0.15) is 17.2 Å². The molecule has 0 saturated carbocycles. The smallest absolute Gasteiger partial charge is 0.121 e. The van der Waals surface area contributed by atoms with Crippen LogP contribution in [-0.4, -0.2) is 29.9 Å². The Morgan fingerprint density at radius 1 is 0.655 bits per heavy atom. The summed E-state index contributed by atoms with van der Waals surface area (Å²) in [6, 6.07) is 23.5. The Kier molecular flexibility index (Phi) is 4.46. The van der Waals surface area contributed by atoms with E-state index < -0.39 is 0 Å². The molecule has 0 radical (unpaired) electrons. The van der Waals surface area contributed by atoms with E-state index in [1.165, 1.54) is 0 Å². The molecular formula is C23H21N5O. The van der Waals surface area contributed by atoms with Crippen LogP contribution in [0.15, 0.2) is 72.8 Å². The van der Waals surface area contributed by atoms with E-state index in [1.54, 1.807) is 6.07 Å². The number of phenols is 1. The molecule has 0 atom stereocenters. The van der Waals surface area contributed by atoms with Gasteiger partial charge in [-0.05, 0) is 30.3 Å². The highest BCUT2D eigenvalue weighted by Gasteiger charge is 2.15. The molecule has 144 valence electrons. The lowest BCUT2D eigenvalue weighted by Gasteiger charge is -2.20. The predicted octanol–water partition coefficient (Wildman–Crippen LogP) is 4.35. The number of aromatic hydroxyl groups is 1. The van der Waals surface area contributed by atoms with Crippen molar-refractivity contribution in [3.8, 4) is 5.75 Å². The van der Waals surface area contributed by atoms with Crippen molar-refractivity contribution in [2.75, 3.05) is 0 Å². The molecule has 6 heteroatoms. The zero-order valence-electron chi connectivity index (χ0n) is 15.8. The molecule has 0 bridgehead atoms. The SMILES string of the molecule is Oc1ccccc1CN(Cc1nc2ccccc2[nH]1)Cc1nc2ccccc2[nH]1. The largest absolute Gasteiger partial charge is 0.508 e. The molecule has 2 aromatic heterocycles. The van der Waals surface area contributed by atoms with Gasteiger partial charge in [-0.3, -0.25) is 4.90 Å². The second kappa shape index (κ2) is 7.41. The standard InChI is InChI=1S/C23H21N5O/c29-21-12-6-1-7-16(21)13-28(14-22-24-17-8-2-3-9-18(17)25-22)15-23-26-19-10-4-5-11-20(19)27-23/h1-12,29H,13-15H2,(H,24,25)(H,26,27). The Bertz CT molecular complexity index is 1130. The van der Waals surface area contributed by atoms with E-state index in [-0.39, 0.29) is 0 Å². The molecule has 0 saturated heterocycles. The third-order valence-electron chi connectivity index (χ3n) is 5.01. The molecule has 6 nitrogen and oxygen atoms in total. The fourth-order valence-electron chi connectivity index (χ4n) is 3.64. The van der Waals surface area contributed by atoms with Gasteiger partial charge in [-0.2, -0.15) is 0 Å². The molecule has 5 aromatic rings. The fraction of sp³-hybridized carbons (Fsp3) is 0.130. The summed E-state index contributed by atoms with van der Waals surface area (Å²) in [7, 11) is 0. The number of hydrogen-bond donors (Lipinski definition) is 3. The first-order chi connectivity index (χ1) is 14.2. The van der Waals surface area contributed by atoms with Crippen LogP contribution >= 0.6 is 0 Å². The summed E-state index contributed by atoms with van der Waals surface area (Å²) >= 11 is 0. The first kappa shape index (κ1) is 17.5. The normalized spacial score (nSPS) is 11.6. The van der Waals surface area contributed by atoms with Gasteiger partial charge < -0.3 is 15.1 Å². The number of rotatable bonds is 6. The Hall–Kier alpha value is -3.64. The average Bonchev–Trinajstić information content (AvgIpc) is 3.32. The summed E-state index contributed by atoms with van der Waals surface area (Å²) in [4.78, 5) is 18.4. The first-order valence-corrected chi connectivity index (χ1v) is 9.61. The summed E-state index contributed by atoms with van der Waals surface area (Å²) < 4.78 is 0. The molecule has 0 amide bonds. The van der Waals surface area contributed by atoms with Crippen LogP contribution in [0.4, 0.5) is 0 Å². The second-order valence-electron chi connectivity index (χ2n) is 7.18. The Balaban J connectivity index is 1.45. The van der Waals surface area contributed by atoms with Crippen molar-refractivity contribution in [1.82, 2.24) is 24.8 Å². The van der Waals surface area contributed by atoms with Crippen LogP contribution in [0.2, 0.25) is 0 Å². The van der Waals surface area contributed by atoms with Crippen molar-refractivity contribution in [3.05, 3.63) is 90.0 Å². The zero-order chi connectivity index (χ0) is 19.6. The molecule has 0 aliphatic heterocycles. The highest BCUT2D eigenvalue weighted by atomic mass is 16.3. The Labute approximate surface area is 167 Å². The summed E-state index contributed by atoms with van der Waals surface area (Å²) in [5.41, 5.74) is 4.82. The molecule has 2 heterocycles. The Morgan fingerprint density at radius 2 is 1.17 bits per heavy atom. The topological polar surface area (TPSA) is 80.8 Å². The molecule has 3 N–H and O–H groups in total. The van der Waals surface area contributed by atoms with Crippen LogP contribution in [-0.2, 0) is 19.6 Å². The van der Waals surface area contributed by atoms with Gasteiger partial charge in [-0.1, -0.05) is 42.5 Å². The molecule has 29 heavy (non-hydrogen) atoms. The lowest BCUT2D eigenvalue weighted by Crippen LogP contribution is -2.23. The van der Waals surface area contributed by atoms with Crippen molar-refractivity contribution < 1.29 is 5.11 Å². The van der Waals surface area contributed by atoms with E-state index in [0.29, 0.717) is 25.4 Å². The molecule has 5 rings (SSSR count). The molecular weight excluding hydrogens is 362 g/mol. The van der Waals surface area contributed by atoms with Gasteiger partial charge in [0.15, 0.2) is 0 Å². The van der Waals surface area contributed by atoms with Gasteiger partial charge in [0, 0.05) is 12.1 Å². The number of benzene rings is 3. The maximum absolute atomic E-state index is 10.2. The lowest BCUT2D eigenvalue weighted by molar-refractivity contribution is 0.234. The van der Waals surface area contributed by atoms with Crippen molar-refractivity contribution in [2.24, 2.45) is 0 Å². The number of phenolic OH excluding ortho intramolecular Hbond substituents is 1. The van der Waals surface area contributed by atoms with Crippen LogP contribution in [0, 0.1) is 0 Å². The summed E-state index contributed by atoms with van der Waals surface area (Å²) in [5.74, 6) is 2.07. The number of nitrogens with one attached hydrogen (secondary N) is 2. The minimum Gasteiger partial charge on any atom is -0.508 e. The lowest BCUT2D eigenvalue weighted by atomic mass is 10.2. The number of nitrogens with zero attached hydrogens (tertiary/aromatic N) is 3. The van der Waals surface area contributed by atoms with Crippen molar-refractivity contribution in [1.29, 1.82) is 0 Å². The van der Waals surface area contributed by atoms with Gasteiger partial charge in [0.05, 0.1) is 35.2 Å². The molecule has 0 aliphatic rings. The predicted molar refractivity (Wildman–Crippen MR) is 113 cm³/mol.